The summed E-state index contributed by atoms with van der Waals surface area (Å²) in [5, 5.41) is 0. The molecule has 0 N–H and O–H groups in total. The van der Waals surface area contributed by atoms with Gasteiger partial charge in [-0.2, -0.15) is 0 Å². The number of methoxy groups -OCH3 is 1. The van der Waals surface area contributed by atoms with Crippen LogP contribution in [0.3, 0.4) is 0 Å². The fourth-order valence-corrected chi connectivity index (χ4v) is 1.79. The zero-order chi connectivity index (χ0) is 13.5. The smallest absolute Gasteiger partial charge is 0.309 e. The highest BCUT2D eigenvalue weighted by molar-refractivity contribution is 5.72. The van der Waals surface area contributed by atoms with Gasteiger partial charge in [-0.05, 0) is 16.7 Å². The van der Waals surface area contributed by atoms with Gasteiger partial charge in [-0.25, -0.2) is 0 Å². The molecule has 0 aliphatic rings. The lowest BCUT2D eigenvalue weighted by Crippen LogP contribution is -1.96. The molecule has 0 saturated heterocycles. The summed E-state index contributed by atoms with van der Waals surface area (Å²) in [6.07, 6.45) is 4.03. The van der Waals surface area contributed by atoms with Crippen molar-refractivity contribution in [3.05, 3.63) is 66.2 Å². The summed E-state index contributed by atoms with van der Waals surface area (Å²) < 4.78 is 4.57. The van der Waals surface area contributed by atoms with Crippen LogP contribution in [-0.4, -0.2) is 13.1 Å². The second-order valence-electron chi connectivity index (χ2n) is 4.17. The Morgan fingerprint density at radius 1 is 1.00 bits per heavy atom. The molecule has 0 aromatic heterocycles. The van der Waals surface area contributed by atoms with Crippen LogP contribution >= 0.6 is 0 Å². The minimum atomic E-state index is -0.225. The maximum atomic E-state index is 11.0. The first-order valence-corrected chi connectivity index (χ1v) is 6.18. The standard InChI is InChI=1S/C17H16O2/c1-19-17(18)9-5-6-14-10-12-16(13-11-14)15-7-3-2-4-8-15/h2-8,10-13H,9H2,1H3. The van der Waals surface area contributed by atoms with Gasteiger partial charge >= 0.3 is 5.97 Å². The van der Waals surface area contributed by atoms with Crippen molar-refractivity contribution in [2.45, 2.75) is 6.42 Å². The maximum Gasteiger partial charge on any atom is 0.309 e. The van der Waals surface area contributed by atoms with Crippen molar-refractivity contribution in [3.8, 4) is 11.1 Å². The summed E-state index contributed by atoms with van der Waals surface area (Å²) in [5.74, 6) is -0.225. The molecule has 0 unspecified atom stereocenters. The second-order valence-corrected chi connectivity index (χ2v) is 4.17. The summed E-state index contributed by atoms with van der Waals surface area (Å²) in [6.45, 7) is 0. The molecule has 0 aliphatic carbocycles. The van der Waals surface area contributed by atoms with E-state index in [0.717, 1.165) is 5.56 Å². The fourth-order valence-electron chi connectivity index (χ4n) is 1.79. The molecule has 0 fully saturated rings. The molecule has 2 aromatic rings. The Kier molecular flexibility index (Phi) is 4.51. The lowest BCUT2D eigenvalue weighted by atomic mass is 10.0. The highest BCUT2D eigenvalue weighted by Crippen LogP contribution is 2.19. The number of ether oxygens (including phenoxy) is 1. The lowest BCUT2D eigenvalue weighted by molar-refractivity contribution is -0.139. The highest BCUT2D eigenvalue weighted by Gasteiger charge is 1.96. The van der Waals surface area contributed by atoms with E-state index in [4.69, 9.17) is 0 Å². The van der Waals surface area contributed by atoms with E-state index in [9.17, 15) is 4.79 Å². The molecular formula is C17H16O2. The molecule has 96 valence electrons. The molecule has 19 heavy (non-hydrogen) atoms. The zero-order valence-electron chi connectivity index (χ0n) is 10.9. The Labute approximate surface area is 113 Å². The molecule has 2 nitrogen and oxygen atoms in total. The number of carbonyl (C=O) groups excluding carboxylic acids is 1. The molecule has 0 saturated carbocycles. The quantitative estimate of drug-likeness (QED) is 0.771. The van der Waals surface area contributed by atoms with Crippen molar-refractivity contribution in [2.75, 3.05) is 7.11 Å². The zero-order valence-corrected chi connectivity index (χ0v) is 10.9. The molecule has 2 aromatic carbocycles. The van der Waals surface area contributed by atoms with Crippen molar-refractivity contribution in [1.82, 2.24) is 0 Å². The lowest BCUT2D eigenvalue weighted by Gasteiger charge is -2.01. The van der Waals surface area contributed by atoms with E-state index in [-0.39, 0.29) is 5.97 Å². The average molecular weight is 252 g/mol. The van der Waals surface area contributed by atoms with E-state index in [1.807, 2.05) is 42.5 Å². The van der Waals surface area contributed by atoms with Crippen molar-refractivity contribution in [2.24, 2.45) is 0 Å². The number of hydrogen-bond donors (Lipinski definition) is 0. The van der Waals surface area contributed by atoms with Crippen molar-refractivity contribution in [3.63, 3.8) is 0 Å². The first kappa shape index (κ1) is 13.1. The normalized spacial score (nSPS) is 10.6. The number of rotatable bonds is 4. The Bertz CT molecular complexity index is 554. The predicted octanol–water partition coefficient (Wildman–Crippen LogP) is 3.93. The second kappa shape index (κ2) is 6.55. The van der Waals surface area contributed by atoms with Gasteiger partial charge in [0.25, 0.3) is 0 Å². The van der Waals surface area contributed by atoms with Crippen LogP contribution in [0, 0.1) is 0 Å². The van der Waals surface area contributed by atoms with E-state index in [1.165, 1.54) is 18.2 Å². The molecule has 0 amide bonds. The predicted molar refractivity (Wildman–Crippen MR) is 77.5 cm³/mol. The van der Waals surface area contributed by atoms with Crippen LogP contribution in [-0.2, 0) is 9.53 Å². The SMILES string of the molecule is COC(=O)CC=Cc1ccc(-c2ccccc2)cc1. The van der Waals surface area contributed by atoms with Crippen molar-refractivity contribution >= 4 is 12.0 Å². The molecule has 0 spiro atoms. The first-order valence-electron chi connectivity index (χ1n) is 6.18. The van der Waals surface area contributed by atoms with Crippen LogP contribution in [0.15, 0.2) is 60.7 Å². The summed E-state index contributed by atoms with van der Waals surface area (Å²) >= 11 is 0. The number of carbonyl (C=O) groups is 1. The molecule has 2 rings (SSSR count). The third-order valence-electron chi connectivity index (χ3n) is 2.84. The Morgan fingerprint density at radius 3 is 2.26 bits per heavy atom. The topological polar surface area (TPSA) is 26.3 Å². The van der Waals surface area contributed by atoms with E-state index in [1.54, 1.807) is 0 Å². The van der Waals surface area contributed by atoms with Gasteiger partial charge in [-0.3, -0.25) is 4.79 Å². The Morgan fingerprint density at radius 2 is 1.63 bits per heavy atom. The summed E-state index contributed by atoms with van der Waals surface area (Å²) in [5.41, 5.74) is 3.46. The Hall–Kier alpha value is -2.35. The van der Waals surface area contributed by atoms with Gasteiger partial charge in [-0.1, -0.05) is 66.7 Å². The summed E-state index contributed by atoms with van der Waals surface area (Å²) in [6, 6.07) is 18.5. The minimum absolute atomic E-state index is 0.225. The van der Waals surface area contributed by atoms with Gasteiger partial charge in [-0.15, -0.1) is 0 Å². The third-order valence-corrected chi connectivity index (χ3v) is 2.84. The third kappa shape index (κ3) is 3.81. The van der Waals surface area contributed by atoms with Gasteiger partial charge < -0.3 is 4.74 Å². The number of hydrogen-bond acceptors (Lipinski definition) is 2. The van der Waals surface area contributed by atoms with Gasteiger partial charge in [0.05, 0.1) is 13.5 Å². The van der Waals surface area contributed by atoms with Gasteiger partial charge in [0.15, 0.2) is 0 Å². The molecular weight excluding hydrogens is 236 g/mol. The van der Waals surface area contributed by atoms with Crippen LogP contribution in [0.1, 0.15) is 12.0 Å². The van der Waals surface area contributed by atoms with Crippen LogP contribution < -0.4 is 0 Å². The molecule has 0 bridgehead atoms. The average Bonchev–Trinajstić information content (AvgIpc) is 2.48. The fraction of sp³-hybridized carbons (Fsp3) is 0.118. The monoisotopic (exact) mass is 252 g/mol. The first-order chi connectivity index (χ1) is 9.29. The largest absolute Gasteiger partial charge is 0.469 e. The van der Waals surface area contributed by atoms with E-state index in [2.05, 4.69) is 29.0 Å². The van der Waals surface area contributed by atoms with E-state index in [0.29, 0.717) is 6.42 Å². The number of esters is 1. The molecule has 2 heteroatoms. The molecule has 0 radical (unpaired) electrons. The van der Waals surface area contributed by atoms with Crippen molar-refractivity contribution < 1.29 is 9.53 Å². The van der Waals surface area contributed by atoms with Crippen LogP contribution in [0.4, 0.5) is 0 Å². The highest BCUT2D eigenvalue weighted by atomic mass is 16.5. The van der Waals surface area contributed by atoms with Gasteiger partial charge in [0.1, 0.15) is 0 Å². The molecule has 0 heterocycles. The van der Waals surface area contributed by atoms with Crippen LogP contribution in [0.2, 0.25) is 0 Å². The molecule has 0 atom stereocenters. The van der Waals surface area contributed by atoms with E-state index < -0.39 is 0 Å². The maximum absolute atomic E-state index is 11.0. The van der Waals surface area contributed by atoms with Crippen LogP contribution in [0.25, 0.3) is 17.2 Å². The summed E-state index contributed by atoms with van der Waals surface area (Å²) in [4.78, 5) is 11.0. The van der Waals surface area contributed by atoms with E-state index >= 15 is 0 Å². The summed E-state index contributed by atoms with van der Waals surface area (Å²) in [7, 11) is 1.39. The minimum Gasteiger partial charge on any atom is -0.469 e. The number of benzene rings is 2. The van der Waals surface area contributed by atoms with Gasteiger partial charge in [0.2, 0.25) is 0 Å². The van der Waals surface area contributed by atoms with Crippen molar-refractivity contribution in [1.29, 1.82) is 0 Å². The Balaban J connectivity index is 2.05. The molecule has 0 aliphatic heterocycles. The van der Waals surface area contributed by atoms with Gasteiger partial charge in [0, 0.05) is 0 Å². The van der Waals surface area contributed by atoms with Crippen LogP contribution in [0.5, 0.6) is 0 Å².